The summed E-state index contributed by atoms with van der Waals surface area (Å²) < 4.78 is 11.4. The molecule has 24 heavy (non-hydrogen) atoms. The second-order valence-corrected chi connectivity index (χ2v) is 5.86. The maximum atomic E-state index is 5.72. The standard InChI is InChI=1S/C18H30N4O2/c1-4-13-24-17-15(7-6-10-20-17)14-21-18(19-3)22-11-8-16(9-12-22)23-5-2/h6-7,10,16H,4-5,8-9,11-14H2,1-3H3,(H,19,21). The first-order valence-corrected chi connectivity index (χ1v) is 8.92. The van der Waals surface area contributed by atoms with E-state index >= 15 is 0 Å². The van der Waals surface area contributed by atoms with Crippen LogP contribution in [0, 0.1) is 0 Å². The third-order valence-electron chi connectivity index (χ3n) is 4.09. The van der Waals surface area contributed by atoms with Crippen LogP contribution in [0.1, 0.15) is 38.7 Å². The molecular formula is C18H30N4O2. The van der Waals surface area contributed by atoms with Gasteiger partial charge in [0, 0.05) is 45.0 Å². The van der Waals surface area contributed by atoms with Crippen LogP contribution in [0.3, 0.4) is 0 Å². The molecule has 134 valence electrons. The maximum absolute atomic E-state index is 5.72. The van der Waals surface area contributed by atoms with Gasteiger partial charge in [0.2, 0.25) is 5.88 Å². The Morgan fingerprint density at radius 2 is 2.17 bits per heavy atom. The average Bonchev–Trinajstić information content (AvgIpc) is 2.63. The van der Waals surface area contributed by atoms with E-state index in [9.17, 15) is 0 Å². The highest BCUT2D eigenvalue weighted by molar-refractivity contribution is 5.80. The van der Waals surface area contributed by atoms with E-state index in [4.69, 9.17) is 9.47 Å². The summed E-state index contributed by atoms with van der Waals surface area (Å²) in [4.78, 5) is 11.0. The SMILES string of the molecule is CCCOc1ncccc1CNC(=NC)N1CCC(OCC)CC1. The van der Waals surface area contributed by atoms with Gasteiger partial charge in [0.1, 0.15) is 0 Å². The molecule has 1 N–H and O–H groups in total. The van der Waals surface area contributed by atoms with E-state index in [2.05, 4.69) is 34.0 Å². The highest BCUT2D eigenvalue weighted by Crippen LogP contribution is 2.16. The lowest BCUT2D eigenvalue weighted by molar-refractivity contribution is 0.0263. The lowest BCUT2D eigenvalue weighted by Gasteiger charge is -2.34. The Bertz CT molecular complexity index is 513. The third kappa shape index (κ3) is 5.37. The van der Waals surface area contributed by atoms with Gasteiger partial charge in [-0.3, -0.25) is 4.99 Å². The first-order valence-electron chi connectivity index (χ1n) is 8.92. The van der Waals surface area contributed by atoms with Crippen LogP contribution in [-0.4, -0.2) is 55.3 Å². The summed E-state index contributed by atoms with van der Waals surface area (Å²) in [5, 5.41) is 3.43. The molecule has 6 nitrogen and oxygen atoms in total. The number of rotatable bonds is 7. The van der Waals surface area contributed by atoms with Gasteiger partial charge in [-0.2, -0.15) is 0 Å². The minimum atomic E-state index is 0.386. The van der Waals surface area contributed by atoms with Crippen molar-refractivity contribution in [3.63, 3.8) is 0 Å². The van der Waals surface area contributed by atoms with Gasteiger partial charge in [0.25, 0.3) is 0 Å². The molecule has 0 unspecified atom stereocenters. The molecule has 0 aromatic carbocycles. The van der Waals surface area contributed by atoms with Crippen molar-refractivity contribution in [3.8, 4) is 5.88 Å². The van der Waals surface area contributed by atoms with Gasteiger partial charge < -0.3 is 19.7 Å². The van der Waals surface area contributed by atoms with Gasteiger partial charge in [-0.15, -0.1) is 0 Å². The van der Waals surface area contributed by atoms with Crippen LogP contribution in [0.2, 0.25) is 0 Å². The summed E-state index contributed by atoms with van der Waals surface area (Å²) in [5.74, 6) is 1.63. The van der Waals surface area contributed by atoms with Crippen molar-refractivity contribution in [2.45, 2.75) is 45.8 Å². The molecule has 0 spiro atoms. The quantitative estimate of drug-likeness (QED) is 0.613. The summed E-state index contributed by atoms with van der Waals surface area (Å²) in [6.45, 7) is 8.22. The molecule has 6 heteroatoms. The molecule has 1 aliphatic heterocycles. The Hall–Kier alpha value is -1.82. The summed E-state index contributed by atoms with van der Waals surface area (Å²) in [6.07, 6.45) is 5.22. The van der Waals surface area contributed by atoms with Gasteiger partial charge in [-0.05, 0) is 32.3 Å². The van der Waals surface area contributed by atoms with Crippen molar-refractivity contribution >= 4 is 5.96 Å². The van der Waals surface area contributed by atoms with Gasteiger partial charge in [0.15, 0.2) is 5.96 Å². The molecule has 0 bridgehead atoms. The fraction of sp³-hybridized carbons (Fsp3) is 0.667. The number of aliphatic imine (C=N–C) groups is 1. The monoisotopic (exact) mass is 334 g/mol. The predicted octanol–water partition coefficient (Wildman–Crippen LogP) is 2.45. The first kappa shape index (κ1) is 18.5. The normalized spacial score (nSPS) is 16.3. The summed E-state index contributed by atoms with van der Waals surface area (Å²) >= 11 is 0. The predicted molar refractivity (Wildman–Crippen MR) is 96.4 cm³/mol. The third-order valence-corrected chi connectivity index (χ3v) is 4.09. The number of piperidine rings is 1. The minimum absolute atomic E-state index is 0.386. The van der Waals surface area contributed by atoms with Crippen molar-refractivity contribution in [1.29, 1.82) is 0 Å². The van der Waals surface area contributed by atoms with E-state index in [0.717, 1.165) is 50.5 Å². The number of likely N-dealkylation sites (tertiary alicyclic amines) is 1. The molecule has 1 aliphatic rings. The molecule has 0 amide bonds. The number of nitrogens with zero attached hydrogens (tertiary/aromatic N) is 3. The molecule has 1 fully saturated rings. The topological polar surface area (TPSA) is 59.0 Å². The number of hydrogen-bond acceptors (Lipinski definition) is 4. The van der Waals surface area contributed by atoms with Crippen molar-refractivity contribution in [2.24, 2.45) is 4.99 Å². The smallest absolute Gasteiger partial charge is 0.218 e. The fourth-order valence-electron chi connectivity index (χ4n) is 2.86. The average molecular weight is 334 g/mol. The van der Waals surface area contributed by atoms with Crippen LogP contribution in [0.5, 0.6) is 5.88 Å². The summed E-state index contributed by atoms with van der Waals surface area (Å²) in [6, 6.07) is 3.98. The Morgan fingerprint density at radius 3 is 2.83 bits per heavy atom. The van der Waals surface area contributed by atoms with Crippen molar-refractivity contribution < 1.29 is 9.47 Å². The van der Waals surface area contributed by atoms with Gasteiger partial charge in [-0.25, -0.2) is 4.98 Å². The number of nitrogens with one attached hydrogen (secondary N) is 1. The Kier molecular flexibility index (Phi) is 7.82. The second-order valence-electron chi connectivity index (χ2n) is 5.86. The zero-order valence-corrected chi connectivity index (χ0v) is 15.1. The number of pyridine rings is 1. The summed E-state index contributed by atoms with van der Waals surface area (Å²) in [5.41, 5.74) is 1.05. The van der Waals surface area contributed by atoms with Crippen molar-refractivity contribution in [2.75, 3.05) is 33.4 Å². The lowest BCUT2D eigenvalue weighted by atomic mass is 10.1. The second kappa shape index (κ2) is 10.1. The Balaban J connectivity index is 1.88. The van der Waals surface area contributed by atoms with E-state index < -0.39 is 0 Å². The van der Waals surface area contributed by atoms with Gasteiger partial charge in [0.05, 0.1) is 12.7 Å². The minimum Gasteiger partial charge on any atom is -0.477 e. The van der Waals surface area contributed by atoms with Crippen LogP contribution in [0.4, 0.5) is 0 Å². The first-order chi connectivity index (χ1) is 11.8. The molecule has 2 rings (SSSR count). The van der Waals surface area contributed by atoms with E-state index in [-0.39, 0.29) is 0 Å². The van der Waals surface area contributed by atoms with Crippen LogP contribution >= 0.6 is 0 Å². The number of guanidine groups is 1. The largest absolute Gasteiger partial charge is 0.477 e. The molecule has 2 heterocycles. The van der Waals surface area contributed by atoms with Crippen LogP contribution < -0.4 is 10.1 Å². The maximum Gasteiger partial charge on any atom is 0.218 e. The molecular weight excluding hydrogens is 304 g/mol. The van der Waals surface area contributed by atoms with E-state index in [1.165, 1.54) is 0 Å². The van der Waals surface area contributed by atoms with Gasteiger partial charge >= 0.3 is 0 Å². The molecule has 0 radical (unpaired) electrons. The Morgan fingerprint density at radius 1 is 1.38 bits per heavy atom. The van der Waals surface area contributed by atoms with Gasteiger partial charge in [-0.1, -0.05) is 13.0 Å². The highest BCUT2D eigenvalue weighted by Gasteiger charge is 2.21. The zero-order chi connectivity index (χ0) is 17.2. The molecule has 1 aromatic heterocycles. The Labute approximate surface area is 145 Å². The molecule has 0 saturated carbocycles. The number of ether oxygens (including phenoxy) is 2. The summed E-state index contributed by atoms with van der Waals surface area (Å²) in [7, 11) is 1.83. The van der Waals surface area contributed by atoms with Crippen LogP contribution in [0.15, 0.2) is 23.3 Å². The van der Waals surface area contributed by atoms with E-state index in [1.54, 1.807) is 6.20 Å². The molecule has 0 atom stereocenters. The lowest BCUT2D eigenvalue weighted by Crippen LogP contribution is -2.46. The number of aromatic nitrogens is 1. The fourth-order valence-corrected chi connectivity index (χ4v) is 2.86. The highest BCUT2D eigenvalue weighted by atomic mass is 16.5. The zero-order valence-electron chi connectivity index (χ0n) is 15.1. The number of hydrogen-bond donors (Lipinski definition) is 1. The van der Waals surface area contributed by atoms with E-state index in [1.807, 2.05) is 19.2 Å². The molecule has 1 saturated heterocycles. The van der Waals surface area contributed by atoms with Crippen molar-refractivity contribution in [1.82, 2.24) is 15.2 Å². The molecule has 0 aliphatic carbocycles. The van der Waals surface area contributed by atoms with Crippen LogP contribution in [0.25, 0.3) is 0 Å². The van der Waals surface area contributed by atoms with E-state index in [0.29, 0.717) is 25.1 Å². The van der Waals surface area contributed by atoms with Crippen molar-refractivity contribution in [3.05, 3.63) is 23.9 Å². The molecule has 1 aromatic rings. The van der Waals surface area contributed by atoms with Crippen LogP contribution in [-0.2, 0) is 11.3 Å².